The molecular weight excluding hydrogens is 212 g/mol. The summed E-state index contributed by atoms with van der Waals surface area (Å²) in [6.07, 6.45) is 2.62. The van der Waals surface area contributed by atoms with E-state index in [9.17, 15) is 0 Å². The molecule has 0 spiro atoms. The van der Waals surface area contributed by atoms with Crippen molar-refractivity contribution in [3.63, 3.8) is 0 Å². The van der Waals surface area contributed by atoms with Crippen LogP contribution in [0, 0.1) is 0 Å². The van der Waals surface area contributed by atoms with Gasteiger partial charge in [0.15, 0.2) is 0 Å². The Morgan fingerprint density at radius 1 is 1.35 bits per heavy atom. The molecule has 1 aromatic heterocycles. The highest BCUT2D eigenvalue weighted by atomic mass is 15.1. The fourth-order valence-electron chi connectivity index (χ4n) is 1.83. The SMILES string of the molecule is CC(C)NCC(C)NCc1cc(C2CC2)n[nH]1. The number of rotatable bonds is 7. The van der Waals surface area contributed by atoms with Crippen molar-refractivity contribution in [1.82, 2.24) is 20.8 Å². The van der Waals surface area contributed by atoms with Crippen LogP contribution in [0.1, 0.15) is 50.9 Å². The lowest BCUT2D eigenvalue weighted by atomic mass is 10.2. The summed E-state index contributed by atoms with van der Waals surface area (Å²) in [5.74, 6) is 0.736. The van der Waals surface area contributed by atoms with E-state index < -0.39 is 0 Å². The Kier molecular flexibility index (Phi) is 4.18. The fourth-order valence-corrected chi connectivity index (χ4v) is 1.83. The molecule has 0 radical (unpaired) electrons. The number of aromatic nitrogens is 2. The van der Waals surface area contributed by atoms with Crippen LogP contribution in [0.5, 0.6) is 0 Å². The number of aromatic amines is 1. The summed E-state index contributed by atoms with van der Waals surface area (Å²) in [6.45, 7) is 8.42. The molecule has 1 aromatic rings. The number of nitrogens with one attached hydrogen (secondary N) is 3. The van der Waals surface area contributed by atoms with Gasteiger partial charge < -0.3 is 10.6 Å². The Balaban J connectivity index is 1.69. The second kappa shape index (κ2) is 5.65. The topological polar surface area (TPSA) is 52.7 Å². The van der Waals surface area contributed by atoms with Gasteiger partial charge in [0.2, 0.25) is 0 Å². The first-order valence-corrected chi connectivity index (χ1v) is 6.66. The molecule has 4 nitrogen and oxygen atoms in total. The smallest absolute Gasteiger partial charge is 0.0656 e. The second-order valence-corrected chi connectivity index (χ2v) is 5.44. The second-order valence-electron chi connectivity index (χ2n) is 5.44. The standard InChI is InChI=1S/C13H24N4/c1-9(2)14-7-10(3)15-8-12-6-13(17-16-12)11-4-5-11/h6,9-11,14-15H,4-5,7-8H2,1-3H3,(H,16,17). The molecule has 0 amide bonds. The zero-order valence-electron chi connectivity index (χ0n) is 11.1. The molecule has 17 heavy (non-hydrogen) atoms. The summed E-state index contributed by atoms with van der Waals surface area (Å²) in [5, 5.41) is 14.4. The van der Waals surface area contributed by atoms with Gasteiger partial charge in [-0.25, -0.2) is 0 Å². The Labute approximate surface area is 104 Å². The van der Waals surface area contributed by atoms with Crippen molar-refractivity contribution in [3.05, 3.63) is 17.5 Å². The summed E-state index contributed by atoms with van der Waals surface area (Å²) in [7, 11) is 0. The van der Waals surface area contributed by atoms with Crippen LogP contribution in [0.2, 0.25) is 0 Å². The molecule has 3 N–H and O–H groups in total. The molecule has 4 heteroatoms. The van der Waals surface area contributed by atoms with E-state index in [-0.39, 0.29) is 0 Å². The van der Waals surface area contributed by atoms with Crippen LogP contribution in [0.4, 0.5) is 0 Å². The van der Waals surface area contributed by atoms with Gasteiger partial charge in [-0.3, -0.25) is 5.10 Å². The van der Waals surface area contributed by atoms with Crippen molar-refractivity contribution >= 4 is 0 Å². The zero-order valence-corrected chi connectivity index (χ0v) is 11.1. The first-order chi connectivity index (χ1) is 8.15. The van der Waals surface area contributed by atoms with E-state index in [1.807, 2.05) is 0 Å². The van der Waals surface area contributed by atoms with Crippen LogP contribution in [-0.4, -0.2) is 28.8 Å². The maximum Gasteiger partial charge on any atom is 0.0656 e. The predicted molar refractivity (Wildman–Crippen MR) is 70.0 cm³/mol. The van der Waals surface area contributed by atoms with Gasteiger partial charge in [0, 0.05) is 36.8 Å². The first kappa shape index (κ1) is 12.6. The lowest BCUT2D eigenvalue weighted by molar-refractivity contribution is 0.471. The normalized spacial score (nSPS) is 17.6. The predicted octanol–water partition coefficient (Wildman–Crippen LogP) is 1.76. The molecule has 0 aliphatic heterocycles. The molecule has 2 rings (SSSR count). The van der Waals surface area contributed by atoms with E-state index in [1.165, 1.54) is 24.2 Å². The molecular formula is C13H24N4. The quantitative estimate of drug-likeness (QED) is 0.676. The van der Waals surface area contributed by atoms with Crippen molar-refractivity contribution in [2.75, 3.05) is 6.54 Å². The van der Waals surface area contributed by atoms with Crippen LogP contribution in [0.15, 0.2) is 6.07 Å². The Morgan fingerprint density at radius 3 is 2.76 bits per heavy atom. The molecule has 1 unspecified atom stereocenters. The third kappa shape index (κ3) is 4.13. The van der Waals surface area contributed by atoms with Gasteiger partial charge in [-0.1, -0.05) is 13.8 Å². The highest BCUT2D eigenvalue weighted by molar-refractivity contribution is 5.17. The molecule has 1 aliphatic carbocycles. The van der Waals surface area contributed by atoms with Gasteiger partial charge in [-0.2, -0.15) is 5.10 Å². The molecule has 1 saturated carbocycles. The molecule has 0 saturated heterocycles. The van der Waals surface area contributed by atoms with Crippen molar-refractivity contribution in [1.29, 1.82) is 0 Å². The van der Waals surface area contributed by atoms with E-state index in [4.69, 9.17) is 0 Å². The van der Waals surface area contributed by atoms with Gasteiger partial charge in [-0.15, -0.1) is 0 Å². The summed E-state index contributed by atoms with van der Waals surface area (Å²) < 4.78 is 0. The molecule has 0 aromatic carbocycles. The summed E-state index contributed by atoms with van der Waals surface area (Å²) in [5.41, 5.74) is 2.44. The summed E-state index contributed by atoms with van der Waals surface area (Å²) in [4.78, 5) is 0. The Hall–Kier alpha value is -0.870. The maximum absolute atomic E-state index is 4.35. The summed E-state index contributed by atoms with van der Waals surface area (Å²) >= 11 is 0. The maximum atomic E-state index is 4.35. The van der Waals surface area contributed by atoms with E-state index in [1.54, 1.807) is 0 Å². The number of hydrogen-bond donors (Lipinski definition) is 3. The zero-order chi connectivity index (χ0) is 12.3. The summed E-state index contributed by atoms with van der Waals surface area (Å²) in [6, 6.07) is 3.23. The Bertz CT molecular complexity index is 341. The Morgan fingerprint density at radius 2 is 2.12 bits per heavy atom. The van der Waals surface area contributed by atoms with E-state index >= 15 is 0 Å². The number of hydrogen-bond acceptors (Lipinski definition) is 3. The molecule has 96 valence electrons. The van der Waals surface area contributed by atoms with Gasteiger partial charge >= 0.3 is 0 Å². The van der Waals surface area contributed by atoms with Crippen LogP contribution in [-0.2, 0) is 6.54 Å². The monoisotopic (exact) mass is 236 g/mol. The van der Waals surface area contributed by atoms with Crippen molar-refractivity contribution in [3.8, 4) is 0 Å². The number of H-pyrrole nitrogens is 1. The van der Waals surface area contributed by atoms with Crippen molar-refractivity contribution < 1.29 is 0 Å². The average molecular weight is 236 g/mol. The molecule has 1 heterocycles. The van der Waals surface area contributed by atoms with Gasteiger partial charge in [0.05, 0.1) is 5.69 Å². The minimum atomic E-state index is 0.477. The largest absolute Gasteiger partial charge is 0.313 e. The third-order valence-electron chi connectivity index (χ3n) is 3.12. The third-order valence-corrected chi connectivity index (χ3v) is 3.12. The fraction of sp³-hybridized carbons (Fsp3) is 0.769. The van der Waals surface area contributed by atoms with Gasteiger partial charge in [0.1, 0.15) is 0 Å². The first-order valence-electron chi connectivity index (χ1n) is 6.66. The van der Waals surface area contributed by atoms with Crippen LogP contribution in [0.25, 0.3) is 0 Å². The van der Waals surface area contributed by atoms with E-state index in [0.717, 1.165) is 19.0 Å². The van der Waals surface area contributed by atoms with Crippen molar-refractivity contribution in [2.45, 2.75) is 58.2 Å². The highest BCUT2D eigenvalue weighted by Gasteiger charge is 2.25. The minimum Gasteiger partial charge on any atom is -0.313 e. The van der Waals surface area contributed by atoms with Gasteiger partial charge in [-0.05, 0) is 25.8 Å². The highest BCUT2D eigenvalue weighted by Crippen LogP contribution is 2.38. The van der Waals surface area contributed by atoms with Gasteiger partial charge in [0.25, 0.3) is 0 Å². The molecule has 0 bridgehead atoms. The van der Waals surface area contributed by atoms with Crippen LogP contribution in [0.3, 0.4) is 0 Å². The minimum absolute atomic E-state index is 0.477. The number of nitrogens with zero attached hydrogens (tertiary/aromatic N) is 1. The van der Waals surface area contributed by atoms with E-state index in [2.05, 4.69) is 47.7 Å². The van der Waals surface area contributed by atoms with Crippen molar-refractivity contribution in [2.24, 2.45) is 0 Å². The average Bonchev–Trinajstić information content (AvgIpc) is 3.04. The van der Waals surface area contributed by atoms with E-state index in [0.29, 0.717) is 12.1 Å². The molecule has 1 aliphatic rings. The van der Waals surface area contributed by atoms with Crippen LogP contribution >= 0.6 is 0 Å². The molecule has 1 atom stereocenters. The lowest BCUT2D eigenvalue weighted by Gasteiger charge is -2.15. The van der Waals surface area contributed by atoms with Crippen LogP contribution < -0.4 is 10.6 Å². The molecule has 1 fully saturated rings. The lowest BCUT2D eigenvalue weighted by Crippen LogP contribution is -2.38.